The summed E-state index contributed by atoms with van der Waals surface area (Å²) in [4.78, 5) is 2.66. The minimum absolute atomic E-state index is 0.646. The zero-order chi connectivity index (χ0) is 14.7. The first-order valence-corrected chi connectivity index (χ1v) is 7.98. The molecular weight excluding hydrogens is 264 g/mol. The van der Waals surface area contributed by atoms with Gasteiger partial charge in [-0.05, 0) is 56.5 Å². The smallest absolute Gasteiger partial charge is 0.161 e. The molecule has 1 saturated heterocycles. The first-order chi connectivity index (χ1) is 10.3. The van der Waals surface area contributed by atoms with E-state index < -0.39 is 0 Å². The van der Waals surface area contributed by atoms with Crippen LogP contribution in [-0.2, 0) is 6.54 Å². The Bertz CT molecular complexity index is 466. The molecule has 3 rings (SSSR count). The Morgan fingerprint density at radius 3 is 2.38 bits per heavy atom. The van der Waals surface area contributed by atoms with Crippen LogP contribution in [0.2, 0.25) is 0 Å². The SMILES string of the molecule is COc1ccc(CNC2CCN(C3CC3)CC2)cc1OC. The number of nitrogens with zero attached hydrogens (tertiary/aromatic N) is 1. The van der Waals surface area contributed by atoms with Crippen molar-refractivity contribution in [1.82, 2.24) is 10.2 Å². The molecule has 1 aromatic carbocycles. The van der Waals surface area contributed by atoms with Crippen molar-refractivity contribution in [3.63, 3.8) is 0 Å². The van der Waals surface area contributed by atoms with Crippen molar-refractivity contribution in [3.8, 4) is 11.5 Å². The number of methoxy groups -OCH3 is 2. The van der Waals surface area contributed by atoms with Crippen LogP contribution in [0.25, 0.3) is 0 Å². The fourth-order valence-electron chi connectivity index (χ4n) is 3.16. The van der Waals surface area contributed by atoms with Gasteiger partial charge in [0.15, 0.2) is 11.5 Å². The number of ether oxygens (including phenoxy) is 2. The summed E-state index contributed by atoms with van der Waals surface area (Å²) in [5.41, 5.74) is 1.25. The van der Waals surface area contributed by atoms with Gasteiger partial charge in [-0.15, -0.1) is 0 Å². The number of rotatable bonds is 6. The normalized spacial score (nSPS) is 20.5. The molecule has 0 spiro atoms. The van der Waals surface area contributed by atoms with Gasteiger partial charge in [0.2, 0.25) is 0 Å². The average molecular weight is 290 g/mol. The van der Waals surface area contributed by atoms with E-state index in [1.165, 1.54) is 44.3 Å². The highest BCUT2D eigenvalue weighted by molar-refractivity contribution is 5.42. The van der Waals surface area contributed by atoms with E-state index in [2.05, 4.69) is 22.3 Å². The lowest BCUT2D eigenvalue weighted by Crippen LogP contribution is -2.43. The molecule has 4 heteroatoms. The third-order valence-corrected chi connectivity index (χ3v) is 4.64. The molecule has 0 atom stereocenters. The molecule has 1 saturated carbocycles. The zero-order valence-electron chi connectivity index (χ0n) is 13.1. The lowest BCUT2D eigenvalue weighted by Gasteiger charge is -2.32. The van der Waals surface area contributed by atoms with Crippen molar-refractivity contribution in [1.29, 1.82) is 0 Å². The van der Waals surface area contributed by atoms with Gasteiger partial charge >= 0.3 is 0 Å². The Labute approximate surface area is 127 Å². The average Bonchev–Trinajstić information content (AvgIpc) is 3.38. The Kier molecular flexibility index (Phi) is 4.66. The summed E-state index contributed by atoms with van der Waals surface area (Å²) in [6, 6.07) is 7.70. The van der Waals surface area contributed by atoms with Crippen molar-refractivity contribution in [2.75, 3.05) is 27.3 Å². The molecule has 1 N–H and O–H groups in total. The van der Waals surface area contributed by atoms with E-state index in [4.69, 9.17) is 9.47 Å². The van der Waals surface area contributed by atoms with E-state index in [1.807, 2.05) is 6.07 Å². The molecule has 2 fully saturated rings. The van der Waals surface area contributed by atoms with Gasteiger partial charge < -0.3 is 19.7 Å². The highest BCUT2D eigenvalue weighted by Crippen LogP contribution is 2.30. The largest absolute Gasteiger partial charge is 0.493 e. The number of hydrogen-bond acceptors (Lipinski definition) is 4. The minimum atomic E-state index is 0.646. The lowest BCUT2D eigenvalue weighted by molar-refractivity contribution is 0.189. The molecule has 1 aromatic rings. The highest BCUT2D eigenvalue weighted by atomic mass is 16.5. The maximum Gasteiger partial charge on any atom is 0.161 e. The molecule has 0 aromatic heterocycles. The van der Waals surface area contributed by atoms with Crippen LogP contribution in [0.15, 0.2) is 18.2 Å². The first kappa shape index (κ1) is 14.7. The van der Waals surface area contributed by atoms with Gasteiger partial charge in [-0.3, -0.25) is 0 Å². The third kappa shape index (κ3) is 3.69. The molecule has 1 heterocycles. The number of piperidine rings is 1. The summed E-state index contributed by atoms with van der Waals surface area (Å²) in [5.74, 6) is 1.60. The van der Waals surface area contributed by atoms with Crippen LogP contribution in [0.1, 0.15) is 31.2 Å². The van der Waals surface area contributed by atoms with Gasteiger partial charge in [0.1, 0.15) is 0 Å². The molecule has 116 valence electrons. The summed E-state index contributed by atoms with van der Waals surface area (Å²) >= 11 is 0. The summed E-state index contributed by atoms with van der Waals surface area (Å²) < 4.78 is 10.6. The summed E-state index contributed by atoms with van der Waals surface area (Å²) in [6.45, 7) is 3.41. The fourth-order valence-corrected chi connectivity index (χ4v) is 3.16. The molecule has 0 amide bonds. The Morgan fingerprint density at radius 2 is 1.76 bits per heavy atom. The van der Waals surface area contributed by atoms with Crippen molar-refractivity contribution in [2.45, 2.75) is 44.3 Å². The molecular formula is C17H26N2O2. The molecule has 0 radical (unpaired) electrons. The van der Waals surface area contributed by atoms with Crippen LogP contribution in [0.3, 0.4) is 0 Å². The van der Waals surface area contributed by atoms with E-state index in [9.17, 15) is 0 Å². The second kappa shape index (κ2) is 6.67. The first-order valence-electron chi connectivity index (χ1n) is 7.98. The number of likely N-dealkylation sites (tertiary alicyclic amines) is 1. The summed E-state index contributed by atoms with van der Waals surface area (Å²) in [5, 5.41) is 3.68. The second-order valence-electron chi connectivity index (χ2n) is 6.11. The standard InChI is InChI=1S/C17H26N2O2/c1-20-16-6-3-13(11-17(16)21-2)12-18-14-7-9-19(10-8-14)15-4-5-15/h3,6,11,14-15,18H,4-5,7-10,12H2,1-2H3. The number of nitrogens with one attached hydrogen (secondary N) is 1. The zero-order valence-corrected chi connectivity index (χ0v) is 13.1. The van der Waals surface area contributed by atoms with Gasteiger partial charge in [-0.2, -0.15) is 0 Å². The molecule has 0 unspecified atom stereocenters. The lowest BCUT2D eigenvalue weighted by atomic mass is 10.0. The van der Waals surface area contributed by atoms with E-state index >= 15 is 0 Å². The van der Waals surface area contributed by atoms with Crippen molar-refractivity contribution in [3.05, 3.63) is 23.8 Å². The maximum absolute atomic E-state index is 5.36. The Hall–Kier alpha value is -1.26. The van der Waals surface area contributed by atoms with Gasteiger partial charge in [-0.25, -0.2) is 0 Å². The van der Waals surface area contributed by atoms with Gasteiger partial charge in [-0.1, -0.05) is 6.07 Å². The van der Waals surface area contributed by atoms with Gasteiger partial charge in [0, 0.05) is 18.6 Å². The van der Waals surface area contributed by atoms with Crippen molar-refractivity contribution in [2.24, 2.45) is 0 Å². The van der Waals surface area contributed by atoms with E-state index in [-0.39, 0.29) is 0 Å². The monoisotopic (exact) mass is 290 g/mol. The van der Waals surface area contributed by atoms with Crippen LogP contribution in [-0.4, -0.2) is 44.3 Å². The fraction of sp³-hybridized carbons (Fsp3) is 0.647. The minimum Gasteiger partial charge on any atom is -0.493 e. The van der Waals surface area contributed by atoms with Crippen LogP contribution in [0.4, 0.5) is 0 Å². The molecule has 1 aliphatic heterocycles. The van der Waals surface area contributed by atoms with Crippen LogP contribution >= 0.6 is 0 Å². The van der Waals surface area contributed by atoms with E-state index in [0.29, 0.717) is 6.04 Å². The predicted octanol–water partition coefficient (Wildman–Crippen LogP) is 2.42. The van der Waals surface area contributed by atoms with Crippen molar-refractivity contribution < 1.29 is 9.47 Å². The highest BCUT2D eigenvalue weighted by Gasteiger charge is 2.31. The van der Waals surface area contributed by atoms with Crippen LogP contribution in [0.5, 0.6) is 11.5 Å². The van der Waals surface area contributed by atoms with E-state index in [0.717, 1.165) is 24.1 Å². The van der Waals surface area contributed by atoms with E-state index in [1.54, 1.807) is 14.2 Å². The number of benzene rings is 1. The van der Waals surface area contributed by atoms with Gasteiger partial charge in [0.05, 0.1) is 14.2 Å². The maximum atomic E-state index is 5.36. The molecule has 2 aliphatic rings. The number of hydrogen-bond donors (Lipinski definition) is 1. The van der Waals surface area contributed by atoms with Gasteiger partial charge in [0.25, 0.3) is 0 Å². The topological polar surface area (TPSA) is 33.7 Å². The molecule has 0 bridgehead atoms. The quantitative estimate of drug-likeness (QED) is 0.872. The van der Waals surface area contributed by atoms with Crippen LogP contribution < -0.4 is 14.8 Å². The Morgan fingerprint density at radius 1 is 1.05 bits per heavy atom. The molecule has 21 heavy (non-hydrogen) atoms. The van der Waals surface area contributed by atoms with Crippen LogP contribution in [0, 0.1) is 0 Å². The van der Waals surface area contributed by atoms with Crippen molar-refractivity contribution >= 4 is 0 Å². The summed E-state index contributed by atoms with van der Waals surface area (Å²) in [6.07, 6.45) is 5.38. The second-order valence-corrected chi connectivity index (χ2v) is 6.11. The predicted molar refractivity (Wildman–Crippen MR) is 84.0 cm³/mol. The summed E-state index contributed by atoms with van der Waals surface area (Å²) in [7, 11) is 3.35. The Balaban J connectivity index is 1.48. The molecule has 1 aliphatic carbocycles. The third-order valence-electron chi connectivity index (χ3n) is 4.64. The molecule has 4 nitrogen and oxygen atoms in total.